The zero-order valence-electron chi connectivity index (χ0n) is 14.8. The van der Waals surface area contributed by atoms with Crippen molar-refractivity contribution in [2.45, 2.75) is 19.8 Å². The molecule has 0 aromatic heterocycles. The number of nitrogens with two attached hydrogens (primary N) is 1. The van der Waals surface area contributed by atoms with Crippen LogP contribution in [0.15, 0.2) is 47.5 Å². The molecule has 0 unspecified atom stereocenters. The monoisotopic (exact) mass is 366 g/mol. The summed E-state index contributed by atoms with van der Waals surface area (Å²) in [6, 6.07) is 11.3. The fourth-order valence-corrected chi connectivity index (χ4v) is 2.32. The Morgan fingerprint density at radius 2 is 1.81 bits per heavy atom. The summed E-state index contributed by atoms with van der Waals surface area (Å²) >= 11 is 0. The highest BCUT2D eigenvalue weighted by molar-refractivity contribution is 5.92. The average molecular weight is 366 g/mol. The van der Waals surface area contributed by atoms with E-state index in [2.05, 4.69) is 21.1 Å². The number of halogens is 3. The maximum Gasteiger partial charge on any atom is 0.573 e. The quantitative estimate of drug-likeness (QED) is 0.623. The van der Waals surface area contributed by atoms with Crippen LogP contribution >= 0.6 is 0 Å². The lowest BCUT2D eigenvalue weighted by Crippen LogP contribution is -2.23. The van der Waals surface area contributed by atoms with Gasteiger partial charge in [0.15, 0.2) is 5.96 Å². The van der Waals surface area contributed by atoms with Crippen LogP contribution in [0.1, 0.15) is 11.1 Å². The molecular weight excluding hydrogens is 345 g/mol. The summed E-state index contributed by atoms with van der Waals surface area (Å²) in [6.07, 6.45) is -4.71. The van der Waals surface area contributed by atoms with E-state index in [4.69, 9.17) is 5.73 Å². The molecule has 5 nitrogen and oxygen atoms in total. The predicted molar refractivity (Wildman–Crippen MR) is 97.6 cm³/mol. The molecule has 26 heavy (non-hydrogen) atoms. The van der Waals surface area contributed by atoms with E-state index in [1.54, 1.807) is 0 Å². The van der Waals surface area contributed by atoms with Gasteiger partial charge in [0.05, 0.1) is 6.54 Å². The molecule has 0 amide bonds. The Bertz CT molecular complexity index is 771. The zero-order chi connectivity index (χ0) is 19.3. The van der Waals surface area contributed by atoms with Crippen molar-refractivity contribution < 1.29 is 17.9 Å². The van der Waals surface area contributed by atoms with E-state index in [9.17, 15) is 13.2 Å². The molecule has 8 heteroatoms. The van der Waals surface area contributed by atoms with Crippen molar-refractivity contribution in [1.82, 2.24) is 0 Å². The van der Waals surface area contributed by atoms with Gasteiger partial charge in [0.2, 0.25) is 0 Å². The molecular formula is C18H21F3N4O. The molecule has 3 N–H and O–H groups in total. The highest BCUT2D eigenvalue weighted by atomic mass is 19.4. The first-order valence-corrected chi connectivity index (χ1v) is 7.83. The van der Waals surface area contributed by atoms with Gasteiger partial charge in [-0.25, -0.2) is 4.99 Å². The number of rotatable bonds is 5. The SMILES string of the molecule is Cc1ccc(CN=C(N)Nc2ccc(OC(F)(F)F)cc2)c(N(C)C)c1. The summed E-state index contributed by atoms with van der Waals surface area (Å²) in [7, 11) is 3.91. The third kappa shape index (κ3) is 5.87. The number of aliphatic imine (C=N–C) groups is 1. The topological polar surface area (TPSA) is 62.9 Å². The standard InChI is InChI=1S/C18H21F3N4O/c1-12-4-5-13(16(10-12)25(2)3)11-23-17(22)24-14-6-8-15(9-7-14)26-18(19,20)21/h4-10H,11H2,1-3H3,(H3,22,23,24). The molecule has 0 spiro atoms. The maximum atomic E-state index is 12.1. The first-order chi connectivity index (χ1) is 12.1. The molecule has 0 atom stereocenters. The minimum absolute atomic E-state index is 0.166. The number of benzene rings is 2. The number of anilines is 2. The van der Waals surface area contributed by atoms with E-state index in [-0.39, 0.29) is 11.7 Å². The smallest absolute Gasteiger partial charge is 0.406 e. The number of guanidine groups is 1. The molecule has 0 aliphatic carbocycles. The third-order valence-electron chi connectivity index (χ3n) is 3.50. The number of nitrogens with one attached hydrogen (secondary N) is 1. The van der Waals surface area contributed by atoms with Crippen LogP contribution in [0.25, 0.3) is 0 Å². The van der Waals surface area contributed by atoms with Crippen LogP contribution in [0.3, 0.4) is 0 Å². The van der Waals surface area contributed by atoms with E-state index in [1.165, 1.54) is 24.3 Å². The molecule has 2 aromatic carbocycles. The molecule has 140 valence electrons. The highest BCUT2D eigenvalue weighted by Crippen LogP contribution is 2.24. The molecule has 0 heterocycles. The molecule has 0 saturated heterocycles. The van der Waals surface area contributed by atoms with Crippen molar-refractivity contribution in [1.29, 1.82) is 0 Å². The second kappa shape index (κ2) is 7.99. The van der Waals surface area contributed by atoms with Gasteiger partial charge in [-0.1, -0.05) is 12.1 Å². The summed E-state index contributed by atoms with van der Waals surface area (Å²) in [4.78, 5) is 6.29. The average Bonchev–Trinajstić information content (AvgIpc) is 2.54. The number of alkyl halides is 3. The first kappa shape index (κ1) is 19.4. The maximum absolute atomic E-state index is 12.1. The Labute approximate surface area is 150 Å². The second-order valence-electron chi connectivity index (χ2n) is 5.93. The van der Waals surface area contributed by atoms with Crippen LogP contribution in [0.2, 0.25) is 0 Å². The van der Waals surface area contributed by atoms with Gasteiger partial charge in [0.1, 0.15) is 5.75 Å². The van der Waals surface area contributed by atoms with Crippen LogP contribution in [-0.4, -0.2) is 26.4 Å². The lowest BCUT2D eigenvalue weighted by Gasteiger charge is -2.17. The molecule has 0 saturated carbocycles. The van der Waals surface area contributed by atoms with Crippen LogP contribution in [0, 0.1) is 6.92 Å². The molecule has 0 aliphatic heterocycles. The largest absolute Gasteiger partial charge is 0.573 e. The normalized spacial score (nSPS) is 12.0. The highest BCUT2D eigenvalue weighted by Gasteiger charge is 2.30. The number of ether oxygens (including phenoxy) is 1. The number of hydrogen-bond donors (Lipinski definition) is 2. The van der Waals surface area contributed by atoms with E-state index < -0.39 is 6.36 Å². The van der Waals surface area contributed by atoms with Crippen molar-refractivity contribution in [3.63, 3.8) is 0 Å². The summed E-state index contributed by atoms with van der Waals surface area (Å²) in [5, 5.41) is 2.84. The van der Waals surface area contributed by atoms with Crippen molar-refractivity contribution in [3.8, 4) is 5.75 Å². The summed E-state index contributed by atoms with van der Waals surface area (Å²) in [5.41, 5.74) is 9.59. The first-order valence-electron chi connectivity index (χ1n) is 7.83. The Hall–Kier alpha value is -2.90. The fourth-order valence-electron chi connectivity index (χ4n) is 2.32. The minimum atomic E-state index is -4.71. The number of nitrogens with zero attached hydrogens (tertiary/aromatic N) is 2. The summed E-state index contributed by atoms with van der Waals surface area (Å²) < 4.78 is 40.3. The van der Waals surface area contributed by atoms with Gasteiger partial charge in [0.25, 0.3) is 0 Å². The van der Waals surface area contributed by atoms with Crippen LogP contribution < -0.4 is 20.7 Å². The molecule has 0 fully saturated rings. The number of aryl methyl sites for hydroxylation is 1. The van der Waals surface area contributed by atoms with Gasteiger partial charge in [-0.3, -0.25) is 0 Å². The third-order valence-corrected chi connectivity index (χ3v) is 3.50. The molecule has 0 radical (unpaired) electrons. The Morgan fingerprint density at radius 1 is 1.15 bits per heavy atom. The summed E-state index contributed by atoms with van der Waals surface area (Å²) in [5.74, 6) is -0.131. The van der Waals surface area contributed by atoms with Crippen molar-refractivity contribution in [2.24, 2.45) is 10.7 Å². The van der Waals surface area contributed by atoms with Crippen molar-refractivity contribution in [2.75, 3.05) is 24.3 Å². The lowest BCUT2D eigenvalue weighted by atomic mass is 10.1. The van der Waals surface area contributed by atoms with Crippen molar-refractivity contribution in [3.05, 3.63) is 53.6 Å². The van der Waals surface area contributed by atoms with Crippen LogP contribution in [-0.2, 0) is 6.54 Å². The van der Waals surface area contributed by atoms with Gasteiger partial charge in [-0.2, -0.15) is 0 Å². The fraction of sp³-hybridized carbons (Fsp3) is 0.278. The van der Waals surface area contributed by atoms with Gasteiger partial charge in [-0.05, 0) is 48.4 Å². The van der Waals surface area contributed by atoms with E-state index in [0.29, 0.717) is 12.2 Å². The lowest BCUT2D eigenvalue weighted by molar-refractivity contribution is -0.274. The molecule has 2 rings (SSSR count). The molecule has 0 aliphatic rings. The van der Waals surface area contributed by atoms with E-state index >= 15 is 0 Å². The van der Waals surface area contributed by atoms with Gasteiger partial charge >= 0.3 is 6.36 Å². The Balaban J connectivity index is 2.03. The van der Waals surface area contributed by atoms with E-state index in [1.807, 2.05) is 38.1 Å². The predicted octanol–water partition coefficient (Wildman–Crippen LogP) is 3.89. The minimum Gasteiger partial charge on any atom is -0.406 e. The van der Waals surface area contributed by atoms with Gasteiger partial charge in [0, 0.05) is 25.5 Å². The van der Waals surface area contributed by atoms with Crippen molar-refractivity contribution >= 4 is 17.3 Å². The zero-order valence-corrected chi connectivity index (χ0v) is 14.8. The van der Waals surface area contributed by atoms with Gasteiger partial charge < -0.3 is 20.7 Å². The van der Waals surface area contributed by atoms with E-state index in [0.717, 1.165) is 16.8 Å². The molecule has 2 aromatic rings. The molecule has 0 bridgehead atoms. The summed E-state index contributed by atoms with van der Waals surface area (Å²) in [6.45, 7) is 2.39. The van der Waals surface area contributed by atoms with Crippen LogP contribution in [0.5, 0.6) is 5.75 Å². The van der Waals surface area contributed by atoms with Gasteiger partial charge in [-0.15, -0.1) is 13.2 Å². The Kier molecular flexibility index (Phi) is 5.97. The second-order valence-corrected chi connectivity index (χ2v) is 5.93. The number of hydrogen-bond acceptors (Lipinski definition) is 3. The Morgan fingerprint density at radius 3 is 2.38 bits per heavy atom. The van der Waals surface area contributed by atoms with Crippen LogP contribution in [0.4, 0.5) is 24.5 Å².